The maximum atomic E-state index is 12.8. The standard InChI is InChI=1S/C18H18N2O3.C8H7F3/c1-12(2)20-16-10-14(21)8-9-15(16)19(11-17(20)22)18(23)13-6-4-3-5-7-13;1-6-2-4-7(5-3-6)8(9,10)11/h3-10,12,21H,11H2,1-2H3;2-5H,1H3. The predicted molar refractivity (Wildman–Crippen MR) is 125 cm³/mol. The molecular weight excluding hydrogens is 445 g/mol. The average molecular weight is 470 g/mol. The molecule has 0 atom stereocenters. The summed E-state index contributed by atoms with van der Waals surface area (Å²) < 4.78 is 35.8. The molecule has 8 heteroatoms. The first-order valence-electron chi connectivity index (χ1n) is 10.6. The van der Waals surface area contributed by atoms with Gasteiger partial charge in [0.15, 0.2) is 0 Å². The van der Waals surface area contributed by atoms with Gasteiger partial charge in [-0.1, -0.05) is 35.9 Å². The van der Waals surface area contributed by atoms with E-state index in [1.54, 1.807) is 42.2 Å². The zero-order valence-corrected chi connectivity index (χ0v) is 19.0. The van der Waals surface area contributed by atoms with Crippen LogP contribution in [0.2, 0.25) is 0 Å². The fraction of sp³-hybridized carbons (Fsp3) is 0.231. The van der Waals surface area contributed by atoms with Gasteiger partial charge in [-0.25, -0.2) is 0 Å². The summed E-state index contributed by atoms with van der Waals surface area (Å²) in [5.74, 6) is -0.326. The van der Waals surface area contributed by atoms with Crippen LogP contribution in [0.5, 0.6) is 5.75 Å². The highest BCUT2D eigenvalue weighted by atomic mass is 19.4. The van der Waals surface area contributed by atoms with Crippen molar-refractivity contribution >= 4 is 23.2 Å². The minimum atomic E-state index is -4.21. The first-order chi connectivity index (χ1) is 16.0. The number of alkyl halides is 3. The molecule has 178 valence electrons. The Kier molecular flexibility index (Phi) is 7.29. The Bertz CT molecular complexity index is 1160. The van der Waals surface area contributed by atoms with E-state index in [9.17, 15) is 27.9 Å². The molecule has 1 aliphatic heterocycles. The summed E-state index contributed by atoms with van der Waals surface area (Å²) in [7, 11) is 0. The molecule has 4 rings (SSSR count). The molecule has 1 aliphatic rings. The van der Waals surface area contributed by atoms with Gasteiger partial charge in [-0.3, -0.25) is 14.5 Å². The Hall–Kier alpha value is -3.81. The van der Waals surface area contributed by atoms with Gasteiger partial charge in [0.25, 0.3) is 5.91 Å². The van der Waals surface area contributed by atoms with E-state index in [1.165, 1.54) is 29.2 Å². The minimum Gasteiger partial charge on any atom is -0.508 e. The minimum absolute atomic E-state index is 0.0102. The van der Waals surface area contributed by atoms with E-state index in [1.807, 2.05) is 19.9 Å². The van der Waals surface area contributed by atoms with Gasteiger partial charge in [0.05, 0.1) is 16.9 Å². The molecule has 5 nitrogen and oxygen atoms in total. The van der Waals surface area contributed by atoms with E-state index in [4.69, 9.17) is 0 Å². The Morgan fingerprint density at radius 2 is 1.56 bits per heavy atom. The third-order valence-electron chi connectivity index (χ3n) is 5.23. The fourth-order valence-corrected chi connectivity index (χ4v) is 3.59. The molecule has 0 spiro atoms. The van der Waals surface area contributed by atoms with Crippen molar-refractivity contribution in [1.29, 1.82) is 0 Å². The number of aryl methyl sites for hydroxylation is 1. The highest BCUT2D eigenvalue weighted by Gasteiger charge is 2.34. The van der Waals surface area contributed by atoms with Crippen molar-refractivity contribution in [2.24, 2.45) is 0 Å². The molecule has 3 aromatic rings. The molecule has 3 aromatic carbocycles. The number of halogens is 3. The second-order valence-corrected chi connectivity index (χ2v) is 8.15. The number of anilines is 2. The molecular formula is C26H25F3N2O3. The van der Waals surface area contributed by atoms with Crippen LogP contribution in [0.1, 0.15) is 35.3 Å². The number of hydrogen-bond donors (Lipinski definition) is 1. The van der Waals surface area contributed by atoms with Crippen LogP contribution in [0.3, 0.4) is 0 Å². The lowest BCUT2D eigenvalue weighted by Crippen LogP contribution is -2.50. The van der Waals surface area contributed by atoms with Crippen LogP contribution in [0.4, 0.5) is 24.5 Å². The quantitative estimate of drug-likeness (QED) is 0.514. The lowest BCUT2D eigenvalue weighted by molar-refractivity contribution is -0.137. The average Bonchev–Trinajstić information content (AvgIpc) is 2.78. The van der Waals surface area contributed by atoms with Crippen molar-refractivity contribution in [1.82, 2.24) is 0 Å². The van der Waals surface area contributed by atoms with Crippen LogP contribution in [-0.2, 0) is 11.0 Å². The summed E-state index contributed by atoms with van der Waals surface area (Å²) in [6.07, 6.45) is -4.21. The van der Waals surface area contributed by atoms with Crippen LogP contribution in [0, 0.1) is 6.92 Å². The van der Waals surface area contributed by atoms with Crippen LogP contribution in [-0.4, -0.2) is 29.5 Å². The fourth-order valence-electron chi connectivity index (χ4n) is 3.59. The molecule has 0 aliphatic carbocycles. The highest BCUT2D eigenvalue weighted by Crippen LogP contribution is 2.38. The Labute approximate surface area is 196 Å². The van der Waals surface area contributed by atoms with Crippen molar-refractivity contribution in [3.8, 4) is 5.75 Å². The van der Waals surface area contributed by atoms with Crippen LogP contribution in [0.25, 0.3) is 0 Å². The number of amides is 2. The number of benzene rings is 3. The lowest BCUT2D eigenvalue weighted by Gasteiger charge is -2.38. The van der Waals surface area contributed by atoms with Gasteiger partial charge in [-0.05, 0) is 57.2 Å². The van der Waals surface area contributed by atoms with Gasteiger partial charge < -0.3 is 10.0 Å². The summed E-state index contributed by atoms with van der Waals surface area (Å²) in [5, 5.41) is 9.77. The third kappa shape index (κ3) is 5.57. The van der Waals surface area contributed by atoms with Gasteiger partial charge >= 0.3 is 6.18 Å². The number of carbonyl (C=O) groups excluding carboxylic acids is 2. The number of phenolic OH excluding ortho intramolecular Hbond substituents is 1. The zero-order chi connectivity index (χ0) is 25.0. The summed E-state index contributed by atoms with van der Waals surface area (Å²) in [4.78, 5) is 28.3. The number of nitrogens with zero attached hydrogens (tertiary/aromatic N) is 2. The molecule has 34 heavy (non-hydrogen) atoms. The number of hydrogen-bond acceptors (Lipinski definition) is 3. The van der Waals surface area contributed by atoms with Crippen LogP contribution >= 0.6 is 0 Å². The molecule has 0 aromatic heterocycles. The van der Waals surface area contributed by atoms with Crippen LogP contribution < -0.4 is 9.80 Å². The van der Waals surface area contributed by atoms with E-state index < -0.39 is 11.7 Å². The Morgan fingerprint density at radius 1 is 0.941 bits per heavy atom. The normalized spacial score (nSPS) is 13.3. The SMILES string of the molecule is CC(C)N1C(=O)CN(C(=O)c2ccccc2)c2ccc(O)cc21.Cc1ccc(C(F)(F)F)cc1. The van der Waals surface area contributed by atoms with Crippen molar-refractivity contribution in [3.05, 3.63) is 89.5 Å². The second-order valence-electron chi connectivity index (χ2n) is 8.15. The molecule has 0 radical (unpaired) electrons. The summed E-state index contributed by atoms with van der Waals surface area (Å²) in [6.45, 7) is 5.55. The maximum absolute atomic E-state index is 12.8. The Morgan fingerprint density at radius 3 is 2.12 bits per heavy atom. The van der Waals surface area contributed by atoms with Gasteiger partial charge in [0.2, 0.25) is 5.91 Å². The lowest BCUT2D eigenvalue weighted by atomic mass is 10.1. The topological polar surface area (TPSA) is 60.9 Å². The van der Waals surface area contributed by atoms with Crippen molar-refractivity contribution in [2.75, 3.05) is 16.3 Å². The van der Waals surface area contributed by atoms with E-state index in [2.05, 4.69) is 0 Å². The largest absolute Gasteiger partial charge is 0.508 e. The molecule has 0 bridgehead atoms. The second kappa shape index (κ2) is 9.99. The zero-order valence-electron chi connectivity index (χ0n) is 19.0. The number of carbonyl (C=O) groups is 2. The van der Waals surface area contributed by atoms with Crippen molar-refractivity contribution < 1.29 is 27.9 Å². The van der Waals surface area contributed by atoms with E-state index in [-0.39, 0.29) is 30.2 Å². The van der Waals surface area contributed by atoms with Crippen molar-refractivity contribution in [3.63, 3.8) is 0 Å². The first-order valence-corrected chi connectivity index (χ1v) is 10.6. The third-order valence-corrected chi connectivity index (χ3v) is 5.23. The van der Waals surface area contributed by atoms with Gasteiger partial charge in [-0.2, -0.15) is 13.2 Å². The number of phenols is 1. The van der Waals surface area contributed by atoms with Crippen LogP contribution in [0.15, 0.2) is 72.8 Å². The molecule has 2 amide bonds. The summed E-state index contributed by atoms with van der Waals surface area (Å²) in [5.41, 5.74) is 1.95. The monoisotopic (exact) mass is 470 g/mol. The summed E-state index contributed by atoms with van der Waals surface area (Å²) in [6, 6.07) is 18.6. The number of rotatable bonds is 2. The van der Waals surface area contributed by atoms with Crippen molar-refractivity contribution in [2.45, 2.75) is 33.0 Å². The molecule has 0 unspecified atom stereocenters. The Balaban J connectivity index is 0.000000248. The van der Waals surface area contributed by atoms with E-state index in [0.717, 1.165) is 17.7 Å². The van der Waals surface area contributed by atoms with Gasteiger partial charge in [0.1, 0.15) is 12.3 Å². The maximum Gasteiger partial charge on any atom is 0.416 e. The molecule has 0 saturated carbocycles. The summed E-state index contributed by atoms with van der Waals surface area (Å²) >= 11 is 0. The first kappa shape index (κ1) is 24.8. The van der Waals surface area contributed by atoms with Gasteiger partial charge in [0, 0.05) is 17.7 Å². The van der Waals surface area contributed by atoms with E-state index >= 15 is 0 Å². The van der Waals surface area contributed by atoms with E-state index in [0.29, 0.717) is 16.9 Å². The smallest absolute Gasteiger partial charge is 0.416 e. The molecule has 0 fully saturated rings. The molecule has 1 heterocycles. The molecule has 1 N–H and O–H groups in total. The number of aromatic hydroxyl groups is 1. The highest BCUT2D eigenvalue weighted by molar-refractivity contribution is 6.16. The number of fused-ring (bicyclic) bond motifs is 1. The molecule has 0 saturated heterocycles. The predicted octanol–water partition coefficient (Wildman–Crippen LogP) is 5.81. The van der Waals surface area contributed by atoms with Gasteiger partial charge in [-0.15, -0.1) is 0 Å².